The smallest absolute Gasteiger partial charge is 0.328 e. The van der Waals surface area contributed by atoms with Crippen LogP contribution in [0, 0.1) is 5.92 Å². The van der Waals surface area contributed by atoms with Crippen LogP contribution in [-0.2, 0) is 20.7 Å². The van der Waals surface area contributed by atoms with Gasteiger partial charge in [0.15, 0.2) is 0 Å². The highest BCUT2D eigenvalue weighted by atomic mass is 16.5. The summed E-state index contributed by atoms with van der Waals surface area (Å²) in [5.74, 6) is -0.590. The molecule has 5 nitrogen and oxygen atoms in total. The molecule has 110 valence electrons. The van der Waals surface area contributed by atoms with E-state index in [1.807, 2.05) is 13.8 Å². The summed E-state index contributed by atoms with van der Waals surface area (Å²) in [7, 11) is 1.32. The lowest BCUT2D eigenvalue weighted by Gasteiger charge is -2.21. The van der Waals surface area contributed by atoms with Crippen molar-refractivity contribution in [3.05, 3.63) is 29.8 Å². The molecular weight excluding hydrogens is 256 g/mol. The minimum atomic E-state index is -0.605. The minimum absolute atomic E-state index is 0.0258. The predicted octanol–water partition coefficient (Wildman–Crippen LogP) is 1.52. The number of hydrogen-bond donors (Lipinski definition) is 2. The number of nitrogens with one attached hydrogen (secondary N) is 1. The molecule has 0 fully saturated rings. The van der Waals surface area contributed by atoms with Crippen molar-refractivity contribution in [2.75, 3.05) is 12.8 Å². The molecule has 0 aliphatic carbocycles. The highest BCUT2D eigenvalue weighted by Crippen LogP contribution is 2.10. The van der Waals surface area contributed by atoms with Crippen molar-refractivity contribution in [3.8, 4) is 0 Å². The normalized spacial score (nSPS) is 13.3. The molecule has 1 aromatic rings. The lowest BCUT2D eigenvalue weighted by Crippen LogP contribution is -2.46. The van der Waals surface area contributed by atoms with Gasteiger partial charge in [0.25, 0.3) is 0 Å². The Bertz CT molecular complexity index is 457. The first-order chi connectivity index (χ1) is 9.47. The molecule has 0 radical (unpaired) electrons. The second kappa shape index (κ2) is 7.53. The van der Waals surface area contributed by atoms with E-state index in [0.717, 1.165) is 12.0 Å². The number of methoxy groups -OCH3 is 1. The van der Waals surface area contributed by atoms with E-state index < -0.39 is 12.0 Å². The third-order valence-corrected chi connectivity index (χ3v) is 3.33. The lowest BCUT2D eigenvalue weighted by molar-refractivity contribution is -0.146. The highest BCUT2D eigenvalue weighted by molar-refractivity contribution is 5.85. The van der Waals surface area contributed by atoms with Crippen LogP contribution in [0.4, 0.5) is 5.69 Å². The summed E-state index contributed by atoms with van der Waals surface area (Å²) in [5.41, 5.74) is 7.10. The van der Waals surface area contributed by atoms with E-state index in [1.54, 1.807) is 24.3 Å². The summed E-state index contributed by atoms with van der Waals surface area (Å²) in [6.07, 6.45) is 0.992. The van der Waals surface area contributed by atoms with Gasteiger partial charge in [-0.1, -0.05) is 32.4 Å². The molecule has 0 saturated heterocycles. The summed E-state index contributed by atoms with van der Waals surface area (Å²) in [6.45, 7) is 3.87. The topological polar surface area (TPSA) is 81.4 Å². The van der Waals surface area contributed by atoms with E-state index in [0.29, 0.717) is 5.69 Å². The molecule has 0 saturated carbocycles. The summed E-state index contributed by atoms with van der Waals surface area (Å²) in [5, 5.41) is 2.74. The number of hydrogen-bond acceptors (Lipinski definition) is 4. The summed E-state index contributed by atoms with van der Waals surface area (Å²) < 4.78 is 4.73. The number of rotatable bonds is 6. The van der Waals surface area contributed by atoms with Crippen LogP contribution < -0.4 is 11.1 Å². The fourth-order valence-corrected chi connectivity index (χ4v) is 1.84. The number of nitrogens with two attached hydrogens (primary N) is 1. The van der Waals surface area contributed by atoms with Gasteiger partial charge in [0.2, 0.25) is 5.91 Å². The second-order valence-electron chi connectivity index (χ2n) is 4.87. The molecule has 0 spiro atoms. The molecule has 1 aromatic carbocycles. The van der Waals surface area contributed by atoms with Gasteiger partial charge in [0.05, 0.1) is 13.5 Å². The van der Waals surface area contributed by atoms with Crippen molar-refractivity contribution in [1.29, 1.82) is 0 Å². The Morgan fingerprint density at radius 1 is 1.30 bits per heavy atom. The zero-order valence-corrected chi connectivity index (χ0v) is 12.2. The van der Waals surface area contributed by atoms with E-state index in [4.69, 9.17) is 10.5 Å². The summed E-state index contributed by atoms with van der Waals surface area (Å²) in [4.78, 5) is 23.7. The summed E-state index contributed by atoms with van der Waals surface area (Å²) >= 11 is 0. The first-order valence-electron chi connectivity index (χ1n) is 6.69. The number of amides is 1. The van der Waals surface area contributed by atoms with Crippen molar-refractivity contribution in [3.63, 3.8) is 0 Å². The van der Waals surface area contributed by atoms with Gasteiger partial charge in [0.1, 0.15) is 6.04 Å². The molecule has 0 bridgehead atoms. The Hall–Kier alpha value is -2.04. The summed E-state index contributed by atoms with van der Waals surface area (Å²) in [6, 6.07) is 6.48. The van der Waals surface area contributed by atoms with Crippen LogP contribution in [0.25, 0.3) is 0 Å². The fourth-order valence-electron chi connectivity index (χ4n) is 1.84. The first-order valence-corrected chi connectivity index (χ1v) is 6.69. The maximum Gasteiger partial charge on any atom is 0.328 e. The maximum absolute atomic E-state index is 12.0. The van der Waals surface area contributed by atoms with Crippen LogP contribution >= 0.6 is 0 Å². The molecule has 0 heterocycles. The van der Waals surface area contributed by atoms with Gasteiger partial charge in [0, 0.05) is 5.69 Å². The van der Waals surface area contributed by atoms with Gasteiger partial charge < -0.3 is 15.8 Å². The molecule has 0 aliphatic rings. The number of nitrogen functional groups attached to an aromatic ring is 1. The van der Waals surface area contributed by atoms with Gasteiger partial charge in [-0.2, -0.15) is 0 Å². The van der Waals surface area contributed by atoms with E-state index >= 15 is 0 Å². The minimum Gasteiger partial charge on any atom is -0.467 e. The van der Waals surface area contributed by atoms with Crippen molar-refractivity contribution in [2.45, 2.75) is 32.7 Å². The number of benzene rings is 1. The number of anilines is 1. The molecule has 0 aliphatic heterocycles. The monoisotopic (exact) mass is 278 g/mol. The third kappa shape index (κ3) is 4.57. The predicted molar refractivity (Wildman–Crippen MR) is 78.0 cm³/mol. The fraction of sp³-hybridized carbons (Fsp3) is 0.467. The van der Waals surface area contributed by atoms with Crippen LogP contribution in [0.1, 0.15) is 25.8 Å². The second-order valence-corrected chi connectivity index (χ2v) is 4.87. The SMILES string of the molecule is CCC(C)C(NC(=O)Cc1ccc(N)cc1)C(=O)OC. The Labute approximate surface area is 119 Å². The Kier molecular flexibility index (Phi) is 6.03. The zero-order valence-electron chi connectivity index (χ0n) is 12.2. The molecule has 1 amide bonds. The molecular formula is C15H22N2O3. The first kappa shape index (κ1) is 16.0. The maximum atomic E-state index is 12.0. The van der Waals surface area contributed by atoms with Crippen LogP contribution in [0.2, 0.25) is 0 Å². The van der Waals surface area contributed by atoms with E-state index in [1.165, 1.54) is 7.11 Å². The van der Waals surface area contributed by atoms with Crippen molar-refractivity contribution >= 4 is 17.6 Å². The van der Waals surface area contributed by atoms with Crippen molar-refractivity contribution < 1.29 is 14.3 Å². The van der Waals surface area contributed by atoms with E-state index in [2.05, 4.69) is 5.32 Å². The third-order valence-electron chi connectivity index (χ3n) is 3.33. The Morgan fingerprint density at radius 3 is 2.40 bits per heavy atom. The number of carbonyl (C=O) groups excluding carboxylic acids is 2. The largest absolute Gasteiger partial charge is 0.467 e. The molecule has 1 rings (SSSR count). The van der Waals surface area contributed by atoms with Gasteiger partial charge >= 0.3 is 5.97 Å². The molecule has 2 atom stereocenters. The molecule has 5 heteroatoms. The Morgan fingerprint density at radius 2 is 1.90 bits per heavy atom. The number of carbonyl (C=O) groups is 2. The average molecular weight is 278 g/mol. The van der Waals surface area contributed by atoms with Gasteiger partial charge in [-0.25, -0.2) is 4.79 Å². The standard InChI is InChI=1S/C15H22N2O3/c1-4-10(2)14(15(19)20-3)17-13(18)9-11-5-7-12(16)8-6-11/h5-8,10,14H,4,9,16H2,1-3H3,(H,17,18). The number of ether oxygens (including phenoxy) is 1. The van der Waals surface area contributed by atoms with Crippen LogP contribution in [0.15, 0.2) is 24.3 Å². The van der Waals surface area contributed by atoms with E-state index in [9.17, 15) is 9.59 Å². The van der Waals surface area contributed by atoms with Crippen LogP contribution in [0.5, 0.6) is 0 Å². The van der Waals surface area contributed by atoms with Gasteiger partial charge in [-0.05, 0) is 23.6 Å². The van der Waals surface area contributed by atoms with Gasteiger partial charge in [-0.15, -0.1) is 0 Å². The molecule has 20 heavy (non-hydrogen) atoms. The van der Waals surface area contributed by atoms with Gasteiger partial charge in [-0.3, -0.25) is 4.79 Å². The zero-order chi connectivity index (χ0) is 15.1. The Balaban J connectivity index is 2.66. The van der Waals surface area contributed by atoms with E-state index in [-0.39, 0.29) is 18.2 Å². The quantitative estimate of drug-likeness (QED) is 0.610. The van der Waals surface area contributed by atoms with Crippen LogP contribution in [-0.4, -0.2) is 25.0 Å². The average Bonchev–Trinajstić information content (AvgIpc) is 2.45. The molecule has 2 unspecified atom stereocenters. The van der Waals surface area contributed by atoms with Crippen molar-refractivity contribution in [1.82, 2.24) is 5.32 Å². The van der Waals surface area contributed by atoms with Crippen molar-refractivity contribution in [2.24, 2.45) is 5.92 Å². The lowest BCUT2D eigenvalue weighted by atomic mass is 9.99. The number of esters is 1. The molecule has 0 aromatic heterocycles. The highest BCUT2D eigenvalue weighted by Gasteiger charge is 2.26. The molecule has 3 N–H and O–H groups in total. The van der Waals surface area contributed by atoms with Crippen LogP contribution in [0.3, 0.4) is 0 Å².